The van der Waals surface area contributed by atoms with Crippen molar-refractivity contribution < 1.29 is 9.59 Å². The molecule has 0 atom stereocenters. The number of Topliss-reactive ketones (excluding diaryl/α,β-unsaturated/α-hetero) is 2. The van der Waals surface area contributed by atoms with Gasteiger partial charge in [-0.15, -0.1) is 12.4 Å². The van der Waals surface area contributed by atoms with Gasteiger partial charge in [0.1, 0.15) is 0 Å². The fourth-order valence-electron chi connectivity index (χ4n) is 4.36. The molecule has 1 saturated heterocycles. The first-order chi connectivity index (χ1) is 13.1. The number of ketones is 2. The molecule has 1 fully saturated rings. The molecule has 3 aliphatic rings. The third-order valence-corrected chi connectivity index (χ3v) is 5.83. The van der Waals surface area contributed by atoms with Gasteiger partial charge in [0.25, 0.3) is 0 Å². The Balaban J connectivity index is 0.00000225. The van der Waals surface area contributed by atoms with E-state index in [-0.39, 0.29) is 24.0 Å². The van der Waals surface area contributed by atoms with Crippen molar-refractivity contribution in [1.82, 2.24) is 9.80 Å². The molecule has 148 valence electrons. The first kappa shape index (κ1) is 20.6. The number of carbonyl (C=O) groups excluding carboxylic acids is 2. The van der Waals surface area contributed by atoms with Crippen LogP contribution >= 0.6 is 12.4 Å². The molecule has 0 radical (unpaired) electrons. The topological polar surface area (TPSA) is 40.6 Å². The predicted molar refractivity (Wildman–Crippen MR) is 114 cm³/mol. The summed E-state index contributed by atoms with van der Waals surface area (Å²) in [5.74, 6) is -0.305. The number of allylic oxidation sites excluding steroid dienone is 6. The zero-order chi connectivity index (χ0) is 19.0. The fourth-order valence-corrected chi connectivity index (χ4v) is 4.36. The number of rotatable bonds is 3. The first-order valence-corrected chi connectivity index (χ1v) is 9.85. The van der Waals surface area contributed by atoms with Gasteiger partial charge in [0.15, 0.2) is 11.6 Å². The average Bonchev–Trinajstić information content (AvgIpc) is 2.93. The average molecular weight is 399 g/mol. The standard InChI is InChI=1S/C23H26N2O2.ClH/c1-16-14-18(21-22(26)19-8-4-5-9-20(19)23(21)27)15-17(2)25(16)13-12-24-10-6-3-7-11-24;/h4-5,8-9,14-15H,3,6-7,10-13H2,1-2H3;1H. The van der Waals surface area contributed by atoms with E-state index in [9.17, 15) is 9.59 Å². The van der Waals surface area contributed by atoms with Gasteiger partial charge < -0.3 is 9.80 Å². The van der Waals surface area contributed by atoms with Gasteiger partial charge in [0.05, 0.1) is 5.57 Å². The lowest BCUT2D eigenvalue weighted by molar-refractivity contribution is 0.0988. The van der Waals surface area contributed by atoms with E-state index >= 15 is 0 Å². The van der Waals surface area contributed by atoms with Crippen LogP contribution in [0.1, 0.15) is 53.8 Å². The van der Waals surface area contributed by atoms with Gasteiger partial charge in [-0.2, -0.15) is 0 Å². The van der Waals surface area contributed by atoms with Crippen molar-refractivity contribution in [3.8, 4) is 0 Å². The Kier molecular flexibility index (Phi) is 6.21. The summed E-state index contributed by atoms with van der Waals surface area (Å²) in [6.07, 6.45) is 7.91. The number of piperidine rings is 1. The number of nitrogens with zero attached hydrogens (tertiary/aromatic N) is 2. The summed E-state index contributed by atoms with van der Waals surface area (Å²) in [4.78, 5) is 30.4. The molecular weight excluding hydrogens is 372 g/mol. The van der Waals surface area contributed by atoms with Crippen molar-refractivity contribution in [3.63, 3.8) is 0 Å². The van der Waals surface area contributed by atoms with Crippen LogP contribution in [0.2, 0.25) is 0 Å². The summed E-state index contributed by atoms with van der Waals surface area (Å²) in [6, 6.07) is 7.10. The van der Waals surface area contributed by atoms with Gasteiger partial charge in [-0.1, -0.05) is 30.7 Å². The molecule has 1 aromatic carbocycles. The van der Waals surface area contributed by atoms with E-state index in [1.54, 1.807) is 12.1 Å². The lowest BCUT2D eigenvalue weighted by Gasteiger charge is -2.33. The molecule has 0 unspecified atom stereocenters. The molecule has 1 aromatic rings. The number of benzene rings is 1. The zero-order valence-corrected chi connectivity index (χ0v) is 17.3. The highest BCUT2D eigenvalue weighted by Gasteiger charge is 2.35. The number of hydrogen-bond donors (Lipinski definition) is 0. The van der Waals surface area contributed by atoms with Crippen molar-refractivity contribution >= 4 is 24.0 Å². The molecule has 2 heterocycles. The van der Waals surface area contributed by atoms with E-state index in [0.29, 0.717) is 16.7 Å². The minimum Gasteiger partial charge on any atom is -0.348 e. The van der Waals surface area contributed by atoms with Crippen LogP contribution in [0.5, 0.6) is 0 Å². The van der Waals surface area contributed by atoms with Gasteiger partial charge in [0, 0.05) is 35.6 Å². The molecule has 0 amide bonds. The van der Waals surface area contributed by atoms with Gasteiger partial charge in [-0.25, -0.2) is 0 Å². The lowest BCUT2D eigenvalue weighted by atomic mass is 9.98. The molecule has 0 N–H and O–H groups in total. The molecule has 0 aromatic heterocycles. The smallest absolute Gasteiger partial charge is 0.198 e. The Morgan fingerprint density at radius 1 is 0.821 bits per heavy atom. The summed E-state index contributed by atoms with van der Waals surface area (Å²) in [5.41, 5.74) is 4.28. The monoisotopic (exact) mass is 398 g/mol. The Labute approximate surface area is 173 Å². The number of hydrogen-bond acceptors (Lipinski definition) is 4. The molecule has 28 heavy (non-hydrogen) atoms. The Bertz CT molecular complexity index is 833. The van der Waals surface area contributed by atoms with Crippen LogP contribution in [0, 0.1) is 0 Å². The number of fused-ring (bicyclic) bond motifs is 1. The van der Waals surface area contributed by atoms with E-state index in [2.05, 4.69) is 23.6 Å². The van der Waals surface area contributed by atoms with Gasteiger partial charge in [0.2, 0.25) is 0 Å². The minimum atomic E-state index is -0.152. The number of halogens is 1. The summed E-state index contributed by atoms with van der Waals surface area (Å²) in [5, 5.41) is 0. The summed E-state index contributed by atoms with van der Waals surface area (Å²) < 4.78 is 0. The maximum atomic E-state index is 12.8. The van der Waals surface area contributed by atoms with Crippen molar-refractivity contribution in [2.75, 3.05) is 26.2 Å². The fraction of sp³-hybridized carbons (Fsp3) is 0.391. The molecule has 2 aliphatic heterocycles. The highest BCUT2D eigenvalue weighted by Crippen LogP contribution is 2.32. The Morgan fingerprint density at radius 3 is 1.89 bits per heavy atom. The van der Waals surface area contributed by atoms with Gasteiger partial charge in [-0.3, -0.25) is 9.59 Å². The highest BCUT2D eigenvalue weighted by molar-refractivity contribution is 6.40. The van der Waals surface area contributed by atoms with Crippen molar-refractivity contribution in [1.29, 1.82) is 0 Å². The Morgan fingerprint density at radius 2 is 1.36 bits per heavy atom. The van der Waals surface area contributed by atoms with Crippen molar-refractivity contribution in [2.45, 2.75) is 33.1 Å². The van der Waals surface area contributed by atoms with Crippen LogP contribution < -0.4 is 0 Å². The first-order valence-electron chi connectivity index (χ1n) is 9.85. The maximum Gasteiger partial charge on any atom is 0.198 e. The lowest BCUT2D eigenvalue weighted by Crippen LogP contribution is -2.37. The zero-order valence-electron chi connectivity index (χ0n) is 16.5. The molecule has 0 spiro atoms. The molecule has 5 heteroatoms. The van der Waals surface area contributed by atoms with Crippen molar-refractivity contribution in [3.05, 3.63) is 70.1 Å². The summed E-state index contributed by atoms with van der Waals surface area (Å²) in [6.45, 7) is 8.49. The number of likely N-dealkylation sites (tertiary alicyclic amines) is 1. The van der Waals surface area contributed by atoms with Gasteiger partial charge in [-0.05, 0) is 57.5 Å². The largest absolute Gasteiger partial charge is 0.348 e. The normalized spacial score (nSPS) is 20.0. The molecule has 0 bridgehead atoms. The minimum absolute atomic E-state index is 0. The van der Waals surface area contributed by atoms with E-state index in [4.69, 9.17) is 0 Å². The third-order valence-electron chi connectivity index (χ3n) is 5.83. The summed E-state index contributed by atoms with van der Waals surface area (Å²) >= 11 is 0. The predicted octanol–water partition coefficient (Wildman–Crippen LogP) is 4.39. The molecule has 1 aliphatic carbocycles. The molecule has 0 saturated carbocycles. The molecule has 4 nitrogen and oxygen atoms in total. The highest BCUT2D eigenvalue weighted by atomic mass is 35.5. The van der Waals surface area contributed by atoms with Crippen LogP contribution in [0.3, 0.4) is 0 Å². The number of carbonyl (C=O) groups is 2. The van der Waals surface area contributed by atoms with E-state index < -0.39 is 0 Å². The van der Waals surface area contributed by atoms with Crippen LogP contribution in [0.15, 0.2) is 59.0 Å². The second-order valence-corrected chi connectivity index (χ2v) is 7.66. The third kappa shape index (κ3) is 3.71. The van der Waals surface area contributed by atoms with E-state index in [0.717, 1.165) is 30.1 Å². The maximum absolute atomic E-state index is 12.8. The second kappa shape index (κ2) is 8.46. The van der Waals surface area contributed by atoms with E-state index in [1.165, 1.54) is 32.4 Å². The van der Waals surface area contributed by atoms with Crippen LogP contribution in [0.25, 0.3) is 0 Å². The Hall–Kier alpha value is -2.17. The summed E-state index contributed by atoms with van der Waals surface area (Å²) in [7, 11) is 0. The van der Waals surface area contributed by atoms with Crippen LogP contribution in [-0.4, -0.2) is 47.5 Å². The molecule has 4 rings (SSSR count). The van der Waals surface area contributed by atoms with Crippen LogP contribution in [0.4, 0.5) is 0 Å². The van der Waals surface area contributed by atoms with Crippen molar-refractivity contribution in [2.24, 2.45) is 0 Å². The second-order valence-electron chi connectivity index (χ2n) is 7.66. The van der Waals surface area contributed by atoms with Gasteiger partial charge >= 0.3 is 0 Å². The van der Waals surface area contributed by atoms with Crippen LogP contribution in [-0.2, 0) is 0 Å². The van der Waals surface area contributed by atoms with E-state index in [1.807, 2.05) is 24.3 Å². The SMILES string of the molecule is CC1=CC(=C2C(=O)c3ccccc3C2=O)C=C(C)N1CCN1CCCCC1.Cl. The quantitative estimate of drug-likeness (QED) is 0.559. The molecular formula is C23H27ClN2O2.